The molecule has 7 heteroatoms. The molecule has 0 saturated heterocycles. The maximum atomic E-state index is 11.6. The molecule has 114 valence electrons. The number of rotatable bonds is 4. The summed E-state index contributed by atoms with van der Waals surface area (Å²) in [6.07, 6.45) is 0.383. The predicted molar refractivity (Wildman–Crippen MR) is 89.6 cm³/mol. The zero-order valence-corrected chi connectivity index (χ0v) is 13.7. The first-order chi connectivity index (χ1) is 9.83. The number of hydrogen-bond donors (Lipinski definition) is 3. The maximum Gasteiger partial charge on any atom is 0.228 e. The number of carbonyl (C=O) groups is 2. The predicted octanol–water partition coefficient (Wildman–Crippen LogP) is 3.16. The lowest BCUT2D eigenvalue weighted by Crippen LogP contribution is -2.36. The average molecular weight is 328 g/mol. The van der Waals surface area contributed by atoms with Gasteiger partial charge in [0.05, 0.1) is 10.7 Å². The van der Waals surface area contributed by atoms with Crippen molar-refractivity contribution >= 4 is 52.1 Å². The average Bonchev–Trinajstić information content (AvgIpc) is 2.42. The van der Waals surface area contributed by atoms with Gasteiger partial charge < -0.3 is 16.0 Å². The van der Waals surface area contributed by atoms with Crippen LogP contribution in [0.5, 0.6) is 0 Å². The number of thiocarbonyl (C=S) groups is 1. The van der Waals surface area contributed by atoms with Crippen molar-refractivity contribution in [2.45, 2.75) is 27.2 Å². The van der Waals surface area contributed by atoms with Crippen LogP contribution in [0.2, 0.25) is 5.02 Å². The second-order valence-electron chi connectivity index (χ2n) is 4.69. The number of halogens is 1. The number of carbonyl (C=O) groups excluding carboxylic acids is 2. The van der Waals surface area contributed by atoms with Gasteiger partial charge in [0.1, 0.15) is 0 Å². The fourth-order valence-corrected chi connectivity index (χ4v) is 1.73. The monoisotopic (exact) mass is 327 g/mol. The van der Waals surface area contributed by atoms with Crippen molar-refractivity contribution in [1.29, 1.82) is 0 Å². The van der Waals surface area contributed by atoms with Crippen molar-refractivity contribution in [3.63, 3.8) is 0 Å². The van der Waals surface area contributed by atoms with Gasteiger partial charge in [-0.15, -0.1) is 0 Å². The molecule has 2 amide bonds. The molecule has 0 aliphatic carbocycles. The van der Waals surface area contributed by atoms with Gasteiger partial charge in [0.25, 0.3) is 0 Å². The normalized spacial score (nSPS) is 10.1. The van der Waals surface area contributed by atoms with E-state index in [-0.39, 0.29) is 22.8 Å². The third-order valence-corrected chi connectivity index (χ3v) is 3.11. The molecule has 0 aliphatic rings. The summed E-state index contributed by atoms with van der Waals surface area (Å²) in [6.45, 7) is 5.30. The fraction of sp³-hybridized carbons (Fsp3) is 0.357. The Morgan fingerprint density at radius 3 is 2.52 bits per heavy atom. The third-order valence-electron chi connectivity index (χ3n) is 2.58. The standard InChI is InChI=1S/C14H18ClN3O2S/c1-4-12(19)16-9-5-6-10(15)11(7-9)17-14(21)18-13(20)8(2)3/h5-8H,4H2,1-3H3,(H,16,19)(H2,17,18,20,21). The van der Waals surface area contributed by atoms with E-state index in [4.69, 9.17) is 23.8 Å². The van der Waals surface area contributed by atoms with Gasteiger partial charge in [-0.05, 0) is 30.4 Å². The minimum absolute atomic E-state index is 0.0982. The summed E-state index contributed by atoms with van der Waals surface area (Å²) in [7, 11) is 0. The first-order valence-electron chi connectivity index (χ1n) is 6.54. The summed E-state index contributed by atoms with van der Waals surface area (Å²) in [5, 5.41) is 8.73. The van der Waals surface area contributed by atoms with E-state index in [0.29, 0.717) is 22.8 Å². The van der Waals surface area contributed by atoms with Gasteiger partial charge in [0, 0.05) is 18.0 Å². The van der Waals surface area contributed by atoms with E-state index < -0.39 is 0 Å². The van der Waals surface area contributed by atoms with Crippen LogP contribution in [-0.2, 0) is 9.59 Å². The number of hydrogen-bond acceptors (Lipinski definition) is 3. The molecular weight excluding hydrogens is 310 g/mol. The topological polar surface area (TPSA) is 70.2 Å². The Bertz CT molecular complexity index is 561. The Morgan fingerprint density at radius 2 is 1.95 bits per heavy atom. The van der Waals surface area contributed by atoms with Crippen molar-refractivity contribution in [3.05, 3.63) is 23.2 Å². The van der Waals surface area contributed by atoms with Gasteiger partial charge in [-0.2, -0.15) is 0 Å². The molecule has 1 aromatic rings. The van der Waals surface area contributed by atoms with E-state index in [2.05, 4.69) is 16.0 Å². The Kier molecular flexibility index (Phi) is 6.58. The van der Waals surface area contributed by atoms with Crippen LogP contribution >= 0.6 is 23.8 Å². The largest absolute Gasteiger partial charge is 0.331 e. The zero-order chi connectivity index (χ0) is 16.0. The van der Waals surface area contributed by atoms with Crippen LogP contribution in [-0.4, -0.2) is 16.9 Å². The maximum absolute atomic E-state index is 11.6. The summed E-state index contributed by atoms with van der Waals surface area (Å²) < 4.78 is 0. The molecule has 0 heterocycles. The third kappa shape index (κ3) is 5.69. The highest BCUT2D eigenvalue weighted by Gasteiger charge is 2.10. The van der Waals surface area contributed by atoms with Crippen LogP contribution in [0.25, 0.3) is 0 Å². The molecule has 5 nitrogen and oxygen atoms in total. The van der Waals surface area contributed by atoms with Gasteiger partial charge in [-0.1, -0.05) is 32.4 Å². The second kappa shape index (κ2) is 7.95. The van der Waals surface area contributed by atoms with Crippen LogP contribution in [0.1, 0.15) is 27.2 Å². The zero-order valence-electron chi connectivity index (χ0n) is 12.1. The van der Waals surface area contributed by atoms with Crippen molar-refractivity contribution in [2.75, 3.05) is 10.6 Å². The Morgan fingerprint density at radius 1 is 1.29 bits per heavy atom. The quantitative estimate of drug-likeness (QED) is 0.743. The minimum atomic E-state index is -0.181. The molecule has 0 atom stereocenters. The first kappa shape index (κ1) is 17.4. The molecule has 0 aliphatic heterocycles. The molecular formula is C14H18ClN3O2S. The van der Waals surface area contributed by atoms with Gasteiger partial charge in [0.2, 0.25) is 11.8 Å². The number of amides is 2. The summed E-state index contributed by atoms with van der Waals surface area (Å²) in [6, 6.07) is 4.99. The van der Waals surface area contributed by atoms with Crippen molar-refractivity contribution < 1.29 is 9.59 Å². The summed E-state index contributed by atoms with van der Waals surface area (Å²) in [5.41, 5.74) is 1.12. The molecule has 0 spiro atoms. The van der Waals surface area contributed by atoms with Gasteiger partial charge >= 0.3 is 0 Å². The second-order valence-corrected chi connectivity index (χ2v) is 5.51. The molecule has 0 radical (unpaired) electrons. The highest BCUT2D eigenvalue weighted by Crippen LogP contribution is 2.25. The highest BCUT2D eigenvalue weighted by molar-refractivity contribution is 7.80. The van der Waals surface area contributed by atoms with Crippen LogP contribution in [0.3, 0.4) is 0 Å². The lowest BCUT2D eigenvalue weighted by atomic mass is 10.2. The van der Waals surface area contributed by atoms with E-state index in [1.165, 1.54) is 0 Å². The summed E-state index contributed by atoms with van der Waals surface area (Å²) in [5.74, 6) is -0.451. The number of nitrogens with one attached hydrogen (secondary N) is 3. The minimum Gasteiger partial charge on any atom is -0.331 e. The molecule has 0 unspecified atom stereocenters. The summed E-state index contributed by atoms with van der Waals surface area (Å²) in [4.78, 5) is 22.9. The van der Waals surface area contributed by atoms with E-state index in [1.807, 2.05) is 0 Å². The lowest BCUT2D eigenvalue weighted by molar-refractivity contribution is -0.122. The van der Waals surface area contributed by atoms with Crippen LogP contribution in [0.15, 0.2) is 18.2 Å². The SMILES string of the molecule is CCC(=O)Nc1ccc(Cl)c(NC(=S)NC(=O)C(C)C)c1. The molecule has 0 fully saturated rings. The Labute approximate surface area is 134 Å². The van der Waals surface area contributed by atoms with E-state index in [1.54, 1.807) is 39.0 Å². The molecule has 0 bridgehead atoms. The van der Waals surface area contributed by atoms with Gasteiger partial charge in [0.15, 0.2) is 5.11 Å². The van der Waals surface area contributed by atoms with Crippen molar-refractivity contribution in [3.8, 4) is 0 Å². The molecule has 0 aromatic heterocycles. The molecule has 0 saturated carbocycles. The molecule has 21 heavy (non-hydrogen) atoms. The molecule has 3 N–H and O–H groups in total. The van der Waals surface area contributed by atoms with E-state index in [9.17, 15) is 9.59 Å². The van der Waals surface area contributed by atoms with Gasteiger partial charge in [-0.3, -0.25) is 9.59 Å². The van der Waals surface area contributed by atoms with Crippen molar-refractivity contribution in [2.24, 2.45) is 5.92 Å². The lowest BCUT2D eigenvalue weighted by Gasteiger charge is -2.13. The smallest absolute Gasteiger partial charge is 0.228 e. The molecule has 1 rings (SSSR count). The van der Waals surface area contributed by atoms with Gasteiger partial charge in [-0.25, -0.2) is 0 Å². The first-order valence-corrected chi connectivity index (χ1v) is 7.33. The van der Waals surface area contributed by atoms with Crippen molar-refractivity contribution in [1.82, 2.24) is 5.32 Å². The summed E-state index contributed by atoms with van der Waals surface area (Å²) >= 11 is 11.1. The number of anilines is 2. The molecule has 1 aromatic carbocycles. The van der Waals surface area contributed by atoms with Crippen LogP contribution in [0, 0.1) is 5.92 Å². The fourth-order valence-electron chi connectivity index (χ4n) is 1.36. The number of benzene rings is 1. The highest BCUT2D eigenvalue weighted by atomic mass is 35.5. The van der Waals surface area contributed by atoms with Crippen LogP contribution < -0.4 is 16.0 Å². The van der Waals surface area contributed by atoms with Crippen LogP contribution in [0.4, 0.5) is 11.4 Å². The van der Waals surface area contributed by atoms with E-state index in [0.717, 1.165) is 0 Å². The Hall–Kier alpha value is -1.66. The Balaban J connectivity index is 2.78. The van der Waals surface area contributed by atoms with E-state index >= 15 is 0 Å².